The summed E-state index contributed by atoms with van der Waals surface area (Å²) in [6.45, 7) is 3.16. The third-order valence-corrected chi connectivity index (χ3v) is 1.70. The molecule has 1 aromatic rings. The van der Waals surface area contributed by atoms with Crippen molar-refractivity contribution in [2.75, 3.05) is 0 Å². The number of nitrogens with zero attached hydrogens (tertiary/aromatic N) is 1. The predicted octanol–water partition coefficient (Wildman–Crippen LogP) is 3.14. The van der Waals surface area contributed by atoms with Crippen LogP contribution >= 0.6 is 0 Å². The van der Waals surface area contributed by atoms with E-state index >= 15 is 0 Å². The fourth-order valence-electron chi connectivity index (χ4n) is 0.940. The highest BCUT2D eigenvalue weighted by Crippen LogP contribution is 2.21. The van der Waals surface area contributed by atoms with E-state index in [0.717, 1.165) is 0 Å². The van der Waals surface area contributed by atoms with Gasteiger partial charge in [-0.1, -0.05) is 5.16 Å². The average molecular weight is 253 g/mol. The van der Waals surface area contributed by atoms with Gasteiger partial charge < -0.3 is 4.84 Å². The van der Waals surface area contributed by atoms with Gasteiger partial charge in [-0.2, -0.15) is 0 Å². The lowest BCUT2D eigenvalue weighted by Gasteiger charge is -2.04. The maximum Gasteiger partial charge on any atom is 0.200 e. The lowest BCUT2D eigenvalue weighted by atomic mass is 10.2. The van der Waals surface area contributed by atoms with Crippen LogP contribution < -0.4 is 0 Å². The molecule has 0 aliphatic heterocycles. The van der Waals surface area contributed by atoms with Gasteiger partial charge >= 0.3 is 0 Å². The maximum atomic E-state index is 13.1. The smallest absolute Gasteiger partial charge is 0.200 e. The molecule has 2 nitrogen and oxygen atoms in total. The summed E-state index contributed by atoms with van der Waals surface area (Å²) in [5.74, 6) is -10.1. The Morgan fingerprint density at radius 2 is 1.29 bits per heavy atom. The topological polar surface area (TPSA) is 21.6 Å². The standard InChI is InChI=1S/C10H8F5NO/c1-4(2)17-16-3-5-6(11)8(13)10(15)9(14)7(5)12/h3-4H,1-2H3/b16-3-. The molecule has 0 fully saturated rings. The summed E-state index contributed by atoms with van der Waals surface area (Å²) >= 11 is 0. The molecule has 7 heteroatoms. The molecule has 0 heterocycles. The van der Waals surface area contributed by atoms with Gasteiger partial charge in [-0.3, -0.25) is 0 Å². The number of rotatable bonds is 3. The Morgan fingerprint density at radius 1 is 0.882 bits per heavy atom. The van der Waals surface area contributed by atoms with Crippen molar-refractivity contribution >= 4 is 6.21 Å². The zero-order valence-corrected chi connectivity index (χ0v) is 8.90. The zero-order valence-electron chi connectivity index (χ0n) is 8.90. The first-order valence-electron chi connectivity index (χ1n) is 4.56. The van der Waals surface area contributed by atoms with E-state index in [-0.39, 0.29) is 6.10 Å². The van der Waals surface area contributed by atoms with E-state index in [1.54, 1.807) is 13.8 Å². The molecule has 0 N–H and O–H groups in total. The summed E-state index contributed by atoms with van der Waals surface area (Å²) in [6.07, 6.45) is 0.0588. The van der Waals surface area contributed by atoms with E-state index in [1.807, 2.05) is 0 Å². The van der Waals surface area contributed by atoms with Gasteiger partial charge in [-0.25, -0.2) is 22.0 Å². The summed E-state index contributed by atoms with van der Waals surface area (Å²) in [6, 6.07) is 0. The number of halogens is 5. The molecule has 0 aromatic heterocycles. The first-order valence-corrected chi connectivity index (χ1v) is 4.56. The van der Waals surface area contributed by atoms with E-state index in [0.29, 0.717) is 6.21 Å². The number of oxime groups is 1. The maximum absolute atomic E-state index is 13.1. The van der Waals surface area contributed by atoms with E-state index in [2.05, 4.69) is 9.99 Å². The molecule has 0 atom stereocenters. The van der Waals surface area contributed by atoms with Crippen LogP contribution in [0.4, 0.5) is 22.0 Å². The third-order valence-electron chi connectivity index (χ3n) is 1.70. The molecular weight excluding hydrogens is 245 g/mol. The molecule has 0 aliphatic carbocycles. The van der Waals surface area contributed by atoms with Crippen molar-refractivity contribution in [1.82, 2.24) is 0 Å². The van der Waals surface area contributed by atoms with Gasteiger partial charge in [0, 0.05) is 0 Å². The number of hydrogen-bond donors (Lipinski definition) is 0. The molecule has 0 saturated heterocycles. The lowest BCUT2D eigenvalue weighted by molar-refractivity contribution is 0.0872. The third kappa shape index (κ3) is 2.72. The molecular formula is C10H8F5NO. The van der Waals surface area contributed by atoms with Crippen LogP contribution in [0.15, 0.2) is 5.16 Å². The van der Waals surface area contributed by atoms with Crippen molar-refractivity contribution in [3.05, 3.63) is 34.6 Å². The van der Waals surface area contributed by atoms with E-state index in [4.69, 9.17) is 0 Å². The van der Waals surface area contributed by atoms with Gasteiger partial charge in [-0.15, -0.1) is 0 Å². The molecule has 0 amide bonds. The SMILES string of the molecule is CC(C)O/N=C\c1c(F)c(F)c(F)c(F)c1F. The van der Waals surface area contributed by atoms with Crippen LogP contribution in [0.3, 0.4) is 0 Å². The highest BCUT2D eigenvalue weighted by molar-refractivity contribution is 5.80. The van der Waals surface area contributed by atoms with Crippen LogP contribution in [-0.4, -0.2) is 12.3 Å². The van der Waals surface area contributed by atoms with Gasteiger partial charge in [0.05, 0.1) is 11.8 Å². The minimum Gasteiger partial charge on any atom is -0.393 e. The van der Waals surface area contributed by atoms with Gasteiger partial charge in [0.2, 0.25) is 5.82 Å². The number of benzene rings is 1. The van der Waals surface area contributed by atoms with Crippen molar-refractivity contribution in [2.24, 2.45) is 5.16 Å². The zero-order chi connectivity index (χ0) is 13.2. The molecule has 0 radical (unpaired) electrons. The van der Waals surface area contributed by atoms with Gasteiger partial charge in [0.15, 0.2) is 23.3 Å². The van der Waals surface area contributed by atoms with Crippen molar-refractivity contribution in [1.29, 1.82) is 0 Å². The second kappa shape index (κ2) is 5.11. The van der Waals surface area contributed by atoms with E-state index in [9.17, 15) is 22.0 Å². The molecule has 1 rings (SSSR count). The van der Waals surface area contributed by atoms with Crippen molar-refractivity contribution < 1.29 is 26.8 Å². The lowest BCUT2D eigenvalue weighted by Crippen LogP contribution is -2.07. The monoisotopic (exact) mass is 253 g/mol. The van der Waals surface area contributed by atoms with Crippen LogP contribution in [0, 0.1) is 29.1 Å². The summed E-state index contributed by atoms with van der Waals surface area (Å²) in [4.78, 5) is 4.56. The fraction of sp³-hybridized carbons (Fsp3) is 0.300. The van der Waals surface area contributed by atoms with Crippen LogP contribution in [0.2, 0.25) is 0 Å². The normalized spacial score (nSPS) is 11.5. The number of hydrogen-bond acceptors (Lipinski definition) is 2. The Kier molecular flexibility index (Phi) is 4.03. The molecule has 17 heavy (non-hydrogen) atoms. The summed E-state index contributed by atoms with van der Waals surface area (Å²) in [7, 11) is 0. The Bertz CT molecular complexity index is 429. The quantitative estimate of drug-likeness (QED) is 0.266. The molecule has 0 aliphatic rings. The predicted molar refractivity (Wildman–Crippen MR) is 50.0 cm³/mol. The molecule has 0 unspecified atom stereocenters. The first-order chi connectivity index (χ1) is 7.86. The second-order valence-electron chi connectivity index (χ2n) is 3.37. The molecule has 94 valence electrons. The summed E-state index contributed by atoms with van der Waals surface area (Å²) < 4.78 is 64.2. The van der Waals surface area contributed by atoms with Gasteiger partial charge in [0.1, 0.15) is 6.10 Å². The van der Waals surface area contributed by atoms with Crippen LogP contribution in [0.1, 0.15) is 19.4 Å². The Hall–Kier alpha value is -1.66. The summed E-state index contributed by atoms with van der Waals surface area (Å²) in [5.41, 5.74) is -1.14. The van der Waals surface area contributed by atoms with E-state index in [1.165, 1.54) is 0 Å². The fourth-order valence-corrected chi connectivity index (χ4v) is 0.940. The average Bonchev–Trinajstić information content (AvgIpc) is 2.28. The molecule has 1 aromatic carbocycles. The highest BCUT2D eigenvalue weighted by Gasteiger charge is 2.24. The summed E-state index contributed by atoms with van der Waals surface area (Å²) in [5, 5.41) is 3.11. The van der Waals surface area contributed by atoms with Crippen molar-refractivity contribution in [3.63, 3.8) is 0 Å². The molecule has 0 spiro atoms. The minimum atomic E-state index is -2.21. The van der Waals surface area contributed by atoms with Crippen molar-refractivity contribution in [3.8, 4) is 0 Å². The largest absolute Gasteiger partial charge is 0.393 e. The van der Waals surface area contributed by atoms with Crippen LogP contribution in [0.25, 0.3) is 0 Å². The Labute approximate surface area is 93.7 Å². The van der Waals surface area contributed by atoms with Gasteiger partial charge in [0.25, 0.3) is 0 Å². The van der Waals surface area contributed by atoms with Crippen molar-refractivity contribution in [2.45, 2.75) is 20.0 Å². The van der Waals surface area contributed by atoms with Crippen LogP contribution in [-0.2, 0) is 4.84 Å². The van der Waals surface area contributed by atoms with E-state index < -0.39 is 34.6 Å². The highest BCUT2D eigenvalue weighted by atomic mass is 19.2. The minimum absolute atomic E-state index is 0.382. The first kappa shape index (κ1) is 13.4. The Balaban J connectivity index is 3.20. The van der Waals surface area contributed by atoms with Gasteiger partial charge in [-0.05, 0) is 13.8 Å². The van der Waals surface area contributed by atoms with Crippen LogP contribution in [0.5, 0.6) is 0 Å². The second-order valence-corrected chi connectivity index (χ2v) is 3.37. The molecule has 0 bridgehead atoms. The Morgan fingerprint density at radius 3 is 1.71 bits per heavy atom. The molecule has 0 saturated carbocycles.